The van der Waals surface area contributed by atoms with Crippen LogP contribution in [0.4, 0.5) is 4.39 Å². The number of carboxylic acids is 1. The Bertz CT molecular complexity index is 654. The largest absolute Gasteiger partial charge is 0.481 e. The molecule has 0 radical (unpaired) electrons. The lowest BCUT2D eigenvalue weighted by molar-refractivity contribution is -0.177. The van der Waals surface area contributed by atoms with Gasteiger partial charge in [-0.3, -0.25) is 4.79 Å². The summed E-state index contributed by atoms with van der Waals surface area (Å²) >= 11 is 0. The van der Waals surface area contributed by atoms with E-state index in [1.807, 2.05) is 0 Å². The lowest BCUT2D eigenvalue weighted by Crippen LogP contribution is -2.53. The van der Waals surface area contributed by atoms with Crippen molar-refractivity contribution in [1.29, 1.82) is 0 Å². The summed E-state index contributed by atoms with van der Waals surface area (Å²) in [5, 5.41) is 25.2. The first-order valence-electron chi connectivity index (χ1n) is 7.44. The summed E-state index contributed by atoms with van der Waals surface area (Å²) in [5.41, 5.74) is -2.86. The van der Waals surface area contributed by atoms with Crippen LogP contribution in [0.25, 0.3) is 0 Å². The standard InChI is InChI=1S/C16H20FN3O3/c1-3-15(4-2,14(21)22)16(23,9-20-11-18-10-19-20)12-5-7-13(17)8-6-12/h5-8,10-11,23H,3-4,9H2,1-2H3,(H,21,22). The van der Waals surface area contributed by atoms with Gasteiger partial charge in [-0.2, -0.15) is 5.10 Å². The molecule has 7 heteroatoms. The summed E-state index contributed by atoms with van der Waals surface area (Å²) < 4.78 is 14.6. The van der Waals surface area contributed by atoms with Crippen molar-refractivity contribution in [3.05, 3.63) is 48.3 Å². The Hall–Kier alpha value is -2.28. The molecule has 2 N–H and O–H groups in total. The first-order chi connectivity index (χ1) is 10.9. The minimum absolute atomic E-state index is 0.0907. The molecule has 0 aliphatic carbocycles. The number of carbonyl (C=O) groups is 1. The van der Waals surface area contributed by atoms with Gasteiger partial charge in [0.2, 0.25) is 0 Å². The molecule has 0 amide bonds. The molecule has 2 rings (SSSR count). The second-order valence-corrected chi connectivity index (χ2v) is 5.55. The van der Waals surface area contributed by atoms with Gasteiger partial charge in [-0.25, -0.2) is 14.1 Å². The van der Waals surface area contributed by atoms with Gasteiger partial charge in [0, 0.05) is 0 Å². The van der Waals surface area contributed by atoms with Crippen LogP contribution < -0.4 is 0 Å². The molecule has 1 atom stereocenters. The molecule has 0 saturated carbocycles. The molecule has 124 valence electrons. The molecule has 1 aromatic heterocycles. The van der Waals surface area contributed by atoms with E-state index in [4.69, 9.17) is 0 Å². The minimum atomic E-state index is -1.76. The van der Waals surface area contributed by atoms with E-state index in [1.54, 1.807) is 13.8 Å². The van der Waals surface area contributed by atoms with E-state index in [0.717, 1.165) is 0 Å². The first-order valence-corrected chi connectivity index (χ1v) is 7.44. The zero-order chi connectivity index (χ0) is 17.1. The van der Waals surface area contributed by atoms with Crippen molar-refractivity contribution in [2.75, 3.05) is 0 Å². The number of halogens is 1. The Balaban J connectivity index is 2.62. The van der Waals surface area contributed by atoms with Gasteiger partial charge in [0.1, 0.15) is 29.5 Å². The maximum atomic E-state index is 13.2. The number of hydrogen-bond acceptors (Lipinski definition) is 4. The van der Waals surface area contributed by atoms with Crippen LogP contribution in [0, 0.1) is 11.2 Å². The summed E-state index contributed by atoms with van der Waals surface area (Å²) in [5.74, 6) is -1.56. The van der Waals surface area contributed by atoms with E-state index in [-0.39, 0.29) is 19.4 Å². The van der Waals surface area contributed by atoms with Gasteiger partial charge in [-0.05, 0) is 30.5 Å². The van der Waals surface area contributed by atoms with E-state index in [1.165, 1.54) is 41.6 Å². The second-order valence-electron chi connectivity index (χ2n) is 5.55. The lowest BCUT2D eigenvalue weighted by atomic mass is 9.64. The zero-order valence-electron chi connectivity index (χ0n) is 13.1. The fraction of sp³-hybridized carbons (Fsp3) is 0.438. The molecule has 0 spiro atoms. The molecular weight excluding hydrogens is 301 g/mol. The third-order valence-electron chi connectivity index (χ3n) is 4.59. The Kier molecular flexibility index (Phi) is 4.79. The molecule has 0 aliphatic heterocycles. The number of aliphatic hydroxyl groups is 1. The third-order valence-corrected chi connectivity index (χ3v) is 4.59. The van der Waals surface area contributed by atoms with Crippen molar-refractivity contribution >= 4 is 5.97 Å². The fourth-order valence-corrected chi connectivity index (χ4v) is 3.11. The Labute approximate surface area is 133 Å². The third kappa shape index (κ3) is 2.84. The number of aromatic nitrogens is 3. The molecule has 1 unspecified atom stereocenters. The molecule has 0 saturated heterocycles. The monoisotopic (exact) mass is 321 g/mol. The average Bonchev–Trinajstić information content (AvgIpc) is 3.02. The van der Waals surface area contributed by atoms with Gasteiger partial charge < -0.3 is 10.2 Å². The predicted molar refractivity (Wildman–Crippen MR) is 81.0 cm³/mol. The van der Waals surface area contributed by atoms with Gasteiger partial charge in [0.25, 0.3) is 0 Å². The maximum absolute atomic E-state index is 13.2. The Morgan fingerprint density at radius 3 is 2.30 bits per heavy atom. The molecule has 2 aromatic rings. The van der Waals surface area contributed by atoms with Crippen LogP contribution in [0.2, 0.25) is 0 Å². The van der Waals surface area contributed by atoms with E-state index >= 15 is 0 Å². The first kappa shape index (κ1) is 17.1. The van der Waals surface area contributed by atoms with Crippen LogP contribution in [0.15, 0.2) is 36.9 Å². The molecular formula is C16H20FN3O3. The van der Waals surface area contributed by atoms with E-state index < -0.39 is 22.8 Å². The van der Waals surface area contributed by atoms with Crippen LogP contribution >= 0.6 is 0 Å². The van der Waals surface area contributed by atoms with E-state index in [0.29, 0.717) is 5.56 Å². The zero-order valence-corrected chi connectivity index (χ0v) is 13.1. The number of aliphatic carboxylic acids is 1. The van der Waals surface area contributed by atoms with Gasteiger partial charge in [-0.15, -0.1) is 0 Å². The van der Waals surface area contributed by atoms with Crippen LogP contribution in [0.1, 0.15) is 32.3 Å². The number of hydrogen-bond donors (Lipinski definition) is 2. The number of carboxylic acid groups (broad SMARTS) is 1. The molecule has 6 nitrogen and oxygen atoms in total. The maximum Gasteiger partial charge on any atom is 0.312 e. The highest BCUT2D eigenvalue weighted by atomic mass is 19.1. The van der Waals surface area contributed by atoms with Crippen LogP contribution in [0.3, 0.4) is 0 Å². The quantitative estimate of drug-likeness (QED) is 0.816. The topological polar surface area (TPSA) is 88.2 Å². The van der Waals surface area contributed by atoms with Crippen molar-refractivity contribution in [3.8, 4) is 0 Å². The smallest absolute Gasteiger partial charge is 0.312 e. The number of benzene rings is 1. The average molecular weight is 321 g/mol. The highest BCUT2D eigenvalue weighted by molar-refractivity contribution is 5.76. The summed E-state index contributed by atoms with van der Waals surface area (Å²) in [6.07, 6.45) is 3.14. The second kappa shape index (κ2) is 6.45. The van der Waals surface area contributed by atoms with Crippen LogP contribution in [0.5, 0.6) is 0 Å². The Morgan fingerprint density at radius 2 is 1.87 bits per heavy atom. The molecule has 0 bridgehead atoms. The number of nitrogens with zero attached hydrogens (tertiary/aromatic N) is 3. The number of rotatable bonds is 7. The highest BCUT2D eigenvalue weighted by Crippen LogP contribution is 2.46. The van der Waals surface area contributed by atoms with E-state index in [9.17, 15) is 19.4 Å². The lowest BCUT2D eigenvalue weighted by Gasteiger charge is -2.43. The van der Waals surface area contributed by atoms with Gasteiger partial charge in [0.15, 0.2) is 0 Å². The molecule has 1 heterocycles. The van der Waals surface area contributed by atoms with Gasteiger partial charge >= 0.3 is 5.97 Å². The van der Waals surface area contributed by atoms with Crippen molar-refractivity contribution in [1.82, 2.24) is 14.8 Å². The molecule has 23 heavy (non-hydrogen) atoms. The predicted octanol–water partition coefficient (Wildman–Crippen LogP) is 2.20. The summed E-state index contributed by atoms with van der Waals surface area (Å²) in [4.78, 5) is 15.8. The van der Waals surface area contributed by atoms with Gasteiger partial charge in [-0.1, -0.05) is 26.0 Å². The van der Waals surface area contributed by atoms with Crippen molar-refractivity contribution in [2.24, 2.45) is 5.41 Å². The summed E-state index contributed by atoms with van der Waals surface area (Å²) in [6, 6.07) is 5.24. The van der Waals surface area contributed by atoms with Crippen molar-refractivity contribution < 1.29 is 19.4 Å². The fourth-order valence-electron chi connectivity index (χ4n) is 3.11. The highest BCUT2D eigenvalue weighted by Gasteiger charge is 2.55. The Morgan fingerprint density at radius 1 is 1.26 bits per heavy atom. The SMILES string of the molecule is CCC(CC)(C(=O)O)C(O)(Cn1cncn1)c1ccc(F)cc1. The minimum Gasteiger partial charge on any atom is -0.481 e. The van der Waals surface area contributed by atoms with E-state index in [2.05, 4.69) is 10.1 Å². The summed E-state index contributed by atoms with van der Waals surface area (Å²) in [7, 11) is 0. The van der Waals surface area contributed by atoms with Crippen molar-refractivity contribution in [3.63, 3.8) is 0 Å². The van der Waals surface area contributed by atoms with Crippen LogP contribution in [-0.4, -0.2) is 30.9 Å². The molecule has 0 fully saturated rings. The van der Waals surface area contributed by atoms with Gasteiger partial charge in [0.05, 0.1) is 6.54 Å². The normalized spacial score (nSPS) is 14.4. The molecule has 1 aromatic carbocycles. The summed E-state index contributed by atoms with van der Waals surface area (Å²) in [6.45, 7) is 3.34. The molecule has 0 aliphatic rings. The van der Waals surface area contributed by atoms with Crippen LogP contribution in [-0.2, 0) is 16.9 Å². The van der Waals surface area contributed by atoms with Crippen molar-refractivity contribution in [2.45, 2.75) is 38.8 Å².